The molecule has 4 unspecified atom stereocenters. The molecular weight excluding hydrogens is 300 g/mol. The van der Waals surface area contributed by atoms with Crippen molar-refractivity contribution in [3.8, 4) is 5.75 Å². The molecule has 7 heteroatoms. The minimum Gasteiger partial charge on any atom is -0.494 e. The van der Waals surface area contributed by atoms with Crippen molar-refractivity contribution in [3.63, 3.8) is 0 Å². The number of carbonyl (C=O) groups excluding carboxylic acids is 2. The van der Waals surface area contributed by atoms with Gasteiger partial charge < -0.3 is 4.74 Å². The van der Waals surface area contributed by atoms with Crippen molar-refractivity contribution in [1.82, 2.24) is 0 Å². The van der Waals surface area contributed by atoms with E-state index in [9.17, 15) is 19.7 Å². The fourth-order valence-electron chi connectivity index (χ4n) is 4.10. The number of allylic oxidation sites excluding steroid dienone is 2. The lowest BCUT2D eigenvalue weighted by Gasteiger charge is -2.19. The number of carbonyl (C=O) groups is 2. The highest BCUT2D eigenvalue weighted by atomic mass is 16.6. The molecule has 1 aliphatic heterocycles. The van der Waals surface area contributed by atoms with Gasteiger partial charge in [-0.1, -0.05) is 12.2 Å². The van der Waals surface area contributed by atoms with E-state index < -0.39 is 4.92 Å². The zero-order valence-corrected chi connectivity index (χ0v) is 12.3. The van der Waals surface area contributed by atoms with Crippen LogP contribution < -0.4 is 9.64 Å². The van der Waals surface area contributed by atoms with Crippen LogP contribution >= 0.6 is 0 Å². The van der Waals surface area contributed by atoms with E-state index in [1.807, 2.05) is 12.2 Å². The van der Waals surface area contributed by atoms with E-state index in [-0.39, 0.29) is 52.6 Å². The number of ether oxygens (including phenoxy) is 1. The van der Waals surface area contributed by atoms with Crippen molar-refractivity contribution in [2.24, 2.45) is 23.7 Å². The molecule has 1 saturated carbocycles. The second kappa shape index (κ2) is 4.65. The SMILES string of the molecule is COc1cc([N+](=O)[O-])ccc1N1C(=O)C2C3C=CC(C3)C2C1=O. The molecule has 118 valence electrons. The van der Waals surface area contributed by atoms with Crippen LogP contribution in [0.15, 0.2) is 30.4 Å². The second-order valence-corrected chi connectivity index (χ2v) is 6.13. The molecule has 7 nitrogen and oxygen atoms in total. The Kier molecular flexibility index (Phi) is 2.81. The van der Waals surface area contributed by atoms with Gasteiger partial charge in [0.25, 0.3) is 5.69 Å². The Morgan fingerprint density at radius 2 is 1.78 bits per heavy atom. The number of hydrogen-bond acceptors (Lipinski definition) is 5. The van der Waals surface area contributed by atoms with Gasteiger partial charge in [0.05, 0.1) is 35.6 Å². The molecular formula is C16H14N2O5. The predicted molar refractivity (Wildman–Crippen MR) is 79.9 cm³/mol. The highest BCUT2D eigenvalue weighted by Crippen LogP contribution is 2.54. The number of nitrogens with zero attached hydrogens (tertiary/aromatic N) is 2. The zero-order chi connectivity index (χ0) is 16.3. The third-order valence-corrected chi connectivity index (χ3v) is 5.09. The van der Waals surface area contributed by atoms with Crippen molar-refractivity contribution in [2.75, 3.05) is 12.0 Å². The summed E-state index contributed by atoms with van der Waals surface area (Å²) in [5, 5.41) is 10.9. The van der Waals surface area contributed by atoms with Crippen molar-refractivity contribution in [1.29, 1.82) is 0 Å². The van der Waals surface area contributed by atoms with E-state index >= 15 is 0 Å². The molecule has 23 heavy (non-hydrogen) atoms. The summed E-state index contributed by atoms with van der Waals surface area (Å²) in [6, 6.07) is 3.92. The number of fused-ring (bicyclic) bond motifs is 5. The third kappa shape index (κ3) is 1.76. The number of benzene rings is 1. The van der Waals surface area contributed by atoms with E-state index in [1.165, 1.54) is 25.3 Å². The molecule has 2 amide bonds. The van der Waals surface area contributed by atoms with Gasteiger partial charge in [-0.15, -0.1) is 0 Å². The first-order chi connectivity index (χ1) is 11.0. The van der Waals surface area contributed by atoms with Crippen LogP contribution in [-0.2, 0) is 9.59 Å². The van der Waals surface area contributed by atoms with Gasteiger partial charge in [0, 0.05) is 6.07 Å². The molecule has 0 N–H and O–H groups in total. The molecule has 2 fully saturated rings. The Bertz CT molecular complexity index is 742. The molecule has 2 aliphatic carbocycles. The minimum atomic E-state index is -0.543. The van der Waals surface area contributed by atoms with Gasteiger partial charge in [-0.25, -0.2) is 4.90 Å². The number of hydrogen-bond donors (Lipinski definition) is 0. The molecule has 4 rings (SSSR count). The smallest absolute Gasteiger partial charge is 0.273 e. The second-order valence-electron chi connectivity index (χ2n) is 6.13. The summed E-state index contributed by atoms with van der Waals surface area (Å²) >= 11 is 0. The molecule has 1 heterocycles. The summed E-state index contributed by atoms with van der Waals surface area (Å²) < 4.78 is 5.17. The molecule has 1 aromatic rings. The van der Waals surface area contributed by atoms with E-state index in [0.717, 1.165) is 11.3 Å². The lowest BCUT2D eigenvalue weighted by molar-refractivity contribution is -0.384. The van der Waals surface area contributed by atoms with Gasteiger partial charge in [-0.2, -0.15) is 0 Å². The van der Waals surface area contributed by atoms with E-state index in [1.54, 1.807) is 0 Å². The van der Waals surface area contributed by atoms with Gasteiger partial charge in [0.1, 0.15) is 5.75 Å². The molecule has 0 aromatic heterocycles. The lowest BCUT2D eigenvalue weighted by Crippen LogP contribution is -2.33. The largest absolute Gasteiger partial charge is 0.494 e. The Balaban J connectivity index is 1.76. The van der Waals surface area contributed by atoms with Crippen LogP contribution in [0.2, 0.25) is 0 Å². The molecule has 1 saturated heterocycles. The topological polar surface area (TPSA) is 89.8 Å². The van der Waals surface area contributed by atoms with Crippen molar-refractivity contribution in [2.45, 2.75) is 6.42 Å². The molecule has 3 aliphatic rings. The molecule has 0 spiro atoms. The van der Waals surface area contributed by atoms with Crippen LogP contribution in [0.3, 0.4) is 0 Å². The molecule has 4 atom stereocenters. The number of nitro benzene ring substituents is 1. The number of rotatable bonds is 3. The number of imide groups is 1. The first-order valence-electron chi connectivity index (χ1n) is 7.41. The number of amides is 2. The maximum atomic E-state index is 12.8. The Hall–Kier alpha value is -2.70. The Morgan fingerprint density at radius 3 is 2.30 bits per heavy atom. The third-order valence-electron chi connectivity index (χ3n) is 5.09. The fraction of sp³-hybridized carbons (Fsp3) is 0.375. The van der Waals surface area contributed by atoms with Crippen LogP contribution in [0.4, 0.5) is 11.4 Å². The maximum absolute atomic E-state index is 12.8. The summed E-state index contributed by atoms with van der Waals surface area (Å²) in [4.78, 5) is 37.0. The first kappa shape index (κ1) is 13.9. The van der Waals surface area contributed by atoms with Crippen LogP contribution in [0.1, 0.15) is 6.42 Å². The van der Waals surface area contributed by atoms with Gasteiger partial charge in [-0.05, 0) is 24.3 Å². The van der Waals surface area contributed by atoms with Gasteiger partial charge in [-0.3, -0.25) is 19.7 Å². The predicted octanol–water partition coefficient (Wildman–Crippen LogP) is 1.91. The van der Waals surface area contributed by atoms with Crippen LogP contribution in [0.25, 0.3) is 0 Å². The monoisotopic (exact) mass is 314 g/mol. The number of anilines is 1. The number of methoxy groups -OCH3 is 1. The van der Waals surface area contributed by atoms with E-state index in [0.29, 0.717) is 0 Å². The van der Waals surface area contributed by atoms with Crippen molar-refractivity contribution in [3.05, 3.63) is 40.5 Å². The van der Waals surface area contributed by atoms with Crippen LogP contribution in [0.5, 0.6) is 5.75 Å². The fourth-order valence-corrected chi connectivity index (χ4v) is 4.10. The highest BCUT2D eigenvalue weighted by molar-refractivity contribution is 6.23. The average Bonchev–Trinajstić information content (AvgIpc) is 3.21. The number of nitro groups is 1. The van der Waals surface area contributed by atoms with Crippen molar-refractivity contribution >= 4 is 23.2 Å². The van der Waals surface area contributed by atoms with Crippen LogP contribution in [0, 0.1) is 33.8 Å². The van der Waals surface area contributed by atoms with E-state index in [2.05, 4.69) is 0 Å². The van der Waals surface area contributed by atoms with Gasteiger partial charge in [0.15, 0.2) is 0 Å². The lowest BCUT2D eigenvalue weighted by atomic mass is 9.85. The quantitative estimate of drug-likeness (QED) is 0.368. The highest BCUT2D eigenvalue weighted by Gasteiger charge is 2.59. The maximum Gasteiger partial charge on any atom is 0.273 e. The summed E-state index contributed by atoms with van der Waals surface area (Å²) in [6.07, 6.45) is 4.90. The van der Waals surface area contributed by atoms with Gasteiger partial charge in [0.2, 0.25) is 11.8 Å². The summed E-state index contributed by atoms with van der Waals surface area (Å²) in [6.45, 7) is 0. The zero-order valence-electron chi connectivity index (χ0n) is 12.3. The summed E-state index contributed by atoms with van der Waals surface area (Å²) in [5.41, 5.74) is 0.133. The molecule has 2 bridgehead atoms. The first-order valence-corrected chi connectivity index (χ1v) is 7.41. The molecule has 0 radical (unpaired) electrons. The Morgan fingerprint density at radius 1 is 1.17 bits per heavy atom. The number of non-ortho nitro benzene ring substituents is 1. The van der Waals surface area contributed by atoms with Crippen molar-refractivity contribution < 1.29 is 19.2 Å². The van der Waals surface area contributed by atoms with Gasteiger partial charge >= 0.3 is 0 Å². The summed E-state index contributed by atoms with van der Waals surface area (Å²) in [7, 11) is 1.36. The Labute approximate surface area is 131 Å². The minimum absolute atomic E-state index is 0.121. The average molecular weight is 314 g/mol. The molecule has 1 aromatic carbocycles. The normalized spacial score (nSPS) is 30.9. The summed E-state index contributed by atoms with van der Waals surface area (Å²) in [5.74, 6) is -0.685. The van der Waals surface area contributed by atoms with E-state index in [4.69, 9.17) is 4.74 Å². The van der Waals surface area contributed by atoms with Crippen LogP contribution in [-0.4, -0.2) is 23.8 Å². The standard InChI is InChI=1S/C16H14N2O5/c1-23-12-7-10(18(21)22)4-5-11(12)17-15(19)13-8-2-3-9(6-8)14(13)16(17)20/h2-5,7-9,13-14H,6H2,1H3.